The van der Waals surface area contributed by atoms with Gasteiger partial charge in [-0.05, 0) is 54.8 Å². The average molecular weight is 342 g/mol. The van der Waals surface area contributed by atoms with Gasteiger partial charge in [0.25, 0.3) is 5.91 Å². The first-order chi connectivity index (χ1) is 12.0. The van der Waals surface area contributed by atoms with Gasteiger partial charge in [0.15, 0.2) is 0 Å². The van der Waals surface area contributed by atoms with E-state index in [9.17, 15) is 14.0 Å². The summed E-state index contributed by atoms with van der Waals surface area (Å²) in [6.45, 7) is 0. The van der Waals surface area contributed by atoms with E-state index in [0.29, 0.717) is 5.69 Å². The van der Waals surface area contributed by atoms with Crippen molar-refractivity contribution < 1.29 is 19.2 Å². The van der Waals surface area contributed by atoms with Crippen LogP contribution in [0.2, 0.25) is 0 Å². The predicted molar refractivity (Wildman–Crippen MR) is 90.9 cm³/mol. The molecule has 0 spiro atoms. The van der Waals surface area contributed by atoms with Crippen LogP contribution in [0, 0.1) is 5.82 Å². The van der Waals surface area contributed by atoms with E-state index >= 15 is 0 Å². The van der Waals surface area contributed by atoms with Crippen LogP contribution in [0.25, 0.3) is 0 Å². The smallest absolute Gasteiger partial charge is 0.274 e. The number of hydrogen-bond donors (Lipinski definition) is 3. The van der Waals surface area contributed by atoms with Gasteiger partial charge in [0.2, 0.25) is 5.91 Å². The van der Waals surface area contributed by atoms with E-state index in [1.807, 2.05) is 0 Å². The Kier molecular flexibility index (Phi) is 4.81. The van der Waals surface area contributed by atoms with Crippen molar-refractivity contribution in [2.45, 2.75) is 31.1 Å². The highest BCUT2D eigenvalue weighted by Gasteiger charge is 2.42. The van der Waals surface area contributed by atoms with Gasteiger partial charge >= 0.3 is 0 Å². The van der Waals surface area contributed by atoms with Crippen molar-refractivity contribution in [3.63, 3.8) is 0 Å². The normalized spacial score (nSPS) is 15.6. The third-order valence-electron chi connectivity index (χ3n) is 4.80. The van der Waals surface area contributed by atoms with Crippen LogP contribution in [0.5, 0.6) is 0 Å². The van der Waals surface area contributed by atoms with E-state index in [4.69, 9.17) is 5.21 Å². The Morgan fingerprint density at radius 1 is 0.960 bits per heavy atom. The maximum atomic E-state index is 13.2. The van der Waals surface area contributed by atoms with Crippen molar-refractivity contribution in [1.82, 2.24) is 5.48 Å². The summed E-state index contributed by atoms with van der Waals surface area (Å²) in [5.74, 6) is -1.07. The zero-order chi connectivity index (χ0) is 17.9. The van der Waals surface area contributed by atoms with Crippen molar-refractivity contribution in [2.75, 3.05) is 5.32 Å². The fraction of sp³-hybridized carbons (Fsp3) is 0.263. The minimum Gasteiger partial charge on any atom is -0.325 e. The minimum atomic E-state index is -0.658. The number of carbonyl (C=O) groups excluding carboxylic acids is 2. The lowest BCUT2D eigenvalue weighted by Gasteiger charge is -2.28. The highest BCUT2D eigenvalue weighted by molar-refractivity contribution is 6.00. The van der Waals surface area contributed by atoms with Gasteiger partial charge in [-0.3, -0.25) is 14.8 Å². The summed E-state index contributed by atoms with van der Waals surface area (Å²) in [4.78, 5) is 24.3. The van der Waals surface area contributed by atoms with Crippen molar-refractivity contribution in [1.29, 1.82) is 0 Å². The molecule has 1 saturated carbocycles. The summed E-state index contributed by atoms with van der Waals surface area (Å²) in [7, 11) is 0. The highest BCUT2D eigenvalue weighted by atomic mass is 19.1. The Morgan fingerprint density at radius 2 is 1.56 bits per heavy atom. The van der Waals surface area contributed by atoms with Crippen molar-refractivity contribution in [2.24, 2.45) is 0 Å². The van der Waals surface area contributed by atoms with E-state index in [1.165, 1.54) is 24.3 Å². The minimum absolute atomic E-state index is 0.129. The number of hydroxylamine groups is 1. The number of halogens is 1. The van der Waals surface area contributed by atoms with Crippen molar-refractivity contribution >= 4 is 17.5 Å². The summed E-state index contributed by atoms with van der Waals surface area (Å²) in [6.07, 6.45) is 3.33. The molecule has 1 aliphatic rings. The van der Waals surface area contributed by atoms with Crippen LogP contribution in [0.4, 0.5) is 10.1 Å². The molecule has 0 radical (unpaired) electrons. The Balaban J connectivity index is 1.82. The lowest BCUT2D eigenvalue weighted by atomic mass is 9.78. The van der Waals surface area contributed by atoms with Crippen LogP contribution in [0.3, 0.4) is 0 Å². The molecule has 0 atom stereocenters. The second-order valence-electron chi connectivity index (χ2n) is 6.27. The second-order valence-corrected chi connectivity index (χ2v) is 6.27. The number of carbonyl (C=O) groups is 2. The maximum Gasteiger partial charge on any atom is 0.274 e. The molecular weight excluding hydrogens is 323 g/mol. The fourth-order valence-corrected chi connectivity index (χ4v) is 3.41. The van der Waals surface area contributed by atoms with E-state index in [1.54, 1.807) is 29.7 Å². The van der Waals surface area contributed by atoms with Crippen LogP contribution in [-0.2, 0) is 10.2 Å². The Morgan fingerprint density at radius 3 is 2.12 bits per heavy atom. The van der Waals surface area contributed by atoms with Gasteiger partial charge in [0.1, 0.15) is 5.82 Å². The summed E-state index contributed by atoms with van der Waals surface area (Å²) < 4.78 is 13.2. The second kappa shape index (κ2) is 7.03. The molecular formula is C19H19FN2O3. The zero-order valence-electron chi connectivity index (χ0n) is 13.6. The number of hydrogen-bond acceptors (Lipinski definition) is 3. The average Bonchev–Trinajstić information content (AvgIpc) is 3.13. The van der Waals surface area contributed by atoms with Gasteiger partial charge in [-0.1, -0.05) is 25.0 Å². The third-order valence-corrected chi connectivity index (χ3v) is 4.80. The summed E-state index contributed by atoms with van der Waals surface area (Å²) >= 11 is 0. The molecule has 6 heteroatoms. The maximum absolute atomic E-state index is 13.2. The number of amides is 2. The van der Waals surface area contributed by atoms with Gasteiger partial charge in [0, 0.05) is 11.3 Å². The molecule has 0 aliphatic heterocycles. The van der Waals surface area contributed by atoms with E-state index in [-0.39, 0.29) is 17.3 Å². The Bertz CT molecular complexity index is 766. The number of benzene rings is 2. The van der Waals surface area contributed by atoms with E-state index < -0.39 is 11.3 Å². The predicted octanol–water partition coefficient (Wildman–Crippen LogP) is 3.40. The summed E-state index contributed by atoms with van der Waals surface area (Å²) in [5, 5.41) is 11.5. The molecule has 0 saturated heterocycles. The van der Waals surface area contributed by atoms with Crippen LogP contribution < -0.4 is 10.8 Å². The van der Waals surface area contributed by atoms with Gasteiger partial charge in [-0.15, -0.1) is 0 Å². The molecule has 0 bridgehead atoms. The largest absolute Gasteiger partial charge is 0.325 e. The highest BCUT2D eigenvalue weighted by Crippen LogP contribution is 2.42. The fourth-order valence-electron chi connectivity index (χ4n) is 3.41. The quantitative estimate of drug-likeness (QED) is 0.589. The van der Waals surface area contributed by atoms with Gasteiger partial charge in [-0.2, -0.15) is 0 Å². The third kappa shape index (κ3) is 3.39. The Hall–Kier alpha value is -2.73. The van der Waals surface area contributed by atoms with Gasteiger partial charge in [-0.25, -0.2) is 9.87 Å². The molecule has 3 rings (SSSR count). The molecule has 25 heavy (non-hydrogen) atoms. The van der Waals surface area contributed by atoms with Gasteiger partial charge in [0.05, 0.1) is 5.41 Å². The van der Waals surface area contributed by atoms with Crippen LogP contribution in [0.1, 0.15) is 41.6 Å². The number of nitrogens with one attached hydrogen (secondary N) is 2. The summed E-state index contributed by atoms with van der Waals surface area (Å²) in [5.41, 5.74) is 2.57. The SMILES string of the molecule is O=C(NO)c1ccc(NC(=O)C2(c3ccc(F)cc3)CCCC2)cc1. The lowest BCUT2D eigenvalue weighted by Crippen LogP contribution is -2.38. The number of rotatable bonds is 4. The molecule has 5 nitrogen and oxygen atoms in total. The molecule has 2 amide bonds. The van der Waals surface area contributed by atoms with Gasteiger partial charge < -0.3 is 5.32 Å². The molecule has 0 aromatic heterocycles. The van der Waals surface area contributed by atoms with Crippen LogP contribution in [-0.4, -0.2) is 17.0 Å². The number of anilines is 1. The lowest BCUT2D eigenvalue weighted by molar-refractivity contribution is -0.121. The van der Waals surface area contributed by atoms with E-state index in [2.05, 4.69) is 5.32 Å². The molecule has 3 N–H and O–H groups in total. The molecule has 0 unspecified atom stereocenters. The molecule has 2 aromatic carbocycles. The van der Waals surface area contributed by atoms with Crippen LogP contribution >= 0.6 is 0 Å². The van der Waals surface area contributed by atoms with Crippen molar-refractivity contribution in [3.05, 3.63) is 65.5 Å². The zero-order valence-corrected chi connectivity index (χ0v) is 13.6. The van der Waals surface area contributed by atoms with Crippen LogP contribution in [0.15, 0.2) is 48.5 Å². The molecule has 0 heterocycles. The molecule has 1 fully saturated rings. The monoisotopic (exact) mass is 342 g/mol. The molecule has 2 aromatic rings. The topological polar surface area (TPSA) is 78.4 Å². The summed E-state index contributed by atoms with van der Waals surface area (Å²) in [6, 6.07) is 12.4. The van der Waals surface area contributed by atoms with E-state index in [0.717, 1.165) is 31.2 Å². The molecule has 130 valence electrons. The first-order valence-electron chi connectivity index (χ1n) is 8.17. The van der Waals surface area contributed by atoms with Crippen molar-refractivity contribution in [3.8, 4) is 0 Å². The standard InChI is InChI=1S/C19H19FN2O3/c20-15-7-5-14(6-8-15)19(11-1-2-12-19)18(24)21-16-9-3-13(4-10-16)17(23)22-25/h3-10,25H,1-2,11-12H2,(H,21,24)(H,22,23). The molecule has 1 aliphatic carbocycles. The first-order valence-corrected chi connectivity index (χ1v) is 8.17. The first kappa shape index (κ1) is 17.1. The Labute approximate surface area is 144 Å².